The molecule has 310 valence electrons. The molecule has 0 saturated heterocycles. The summed E-state index contributed by atoms with van der Waals surface area (Å²) in [6, 6.07) is 14.5. The molecule has 6 N–H and O–H groups in total. The molecule has 5 aliphatic rings. The number of benzene rings is 2. The minimum absolute atomic E-state index is 0.0484. The van der Waals surface area contributed by atoms with Crippen LogP contribution in [0.5, 0.6) is 0 Å². The van der Waals surface area contributed by atoms with Gasteiger partial charge < -0.3 is 36.1 Å². The molecule has 4 saturated carbocycles. The molecule has 3 aromatic rings. The van der Waals surface area contributed by atoms with Gasteiger partial charge in [0, 0.05) is 46.8 Å². The Morgan fingerprint density at radius 3 is 2.58 bits per heavy atom. The predicted molar refractivity (Wildman–Crippen MR) is 217 cm³/mol. The molecule has 59 heavy (non-hydrogen) atoms. The summed E-state index contributed by atoms with van der Waals surface area (Å²) < 4.78 is 28.6. The quantitative estimate of drug-likeness (QED) is 0.122. The number of pyridine rings is 1. The molecule has 0 aliphatic heterocycles. The van der Waals surface area contributed by atoms with Crippen LogP contribution in [0.4, 0.5) is 10.1 Å². The number of carbonyl (C=O) groups excluding carboxylic acids is 4. The van der Waals surface area contributed by atoms with Crippen LogP contribution in [0.15, 0.2) is 84.7 Å². The summed E-state index contributed by atoms with van der Waals surface area (Å²) in [5.41, 5.74) is 2.27. The second kappa shape index (κ2) is 14.9. The Bertz CT molecular complexity index is 2310. The largest absolute Gasteiger partial charge is 0.461 e. The van der Waals surface area contributed by atoms with E-state index in [2.05, 4.69) is 10.3 Å². The first-order chi connectivity index (χ1) is 28.0. The SMILES string of the molecule is C[C@@H]1C[C@H]2[C@@H]3CCC4=CC(=O)C=C[C@]4(C)[C@@]3(F)[C@@H](O)C[C@]2(C)[C@@]1(O)C(=N)COC(=O)C1CC1C(=O)OCc1cccc([C@@H](CN)C(=O)Nc2ccc3cnccc3c2)c1. The maximum absolute atomic E-state index is 17.5. The van der Waals surface area contributed by atoms with Gasteiger partial charge in [-0.2, -0.15) is 0 Å². The number of alkyl halides is 1. The molecule has 0 bridgehead atoms. The topological polar surface area (TPSA) is 202 Å². The van der Waals surface area contributed by atoms with E-state index in [1.54, 1.807) is 69.6 Å². The van der Waals surface area contributed by atoms with Crippen molar-refractivity contribution in [3.63, 3.8) is 0 Å². The Morgan fingerprint density at radius 2 is 1.81 bits per heavy atom. The Balaban J connectivity index is 0.855. The summed E-state index contributed by atoms with van der Waals surface area (Å²) >= 11 is 0. The number of halogens is 1. The van der Waals surface area contributed by atoms with Crippen LogP contribution in [-0.2, 0) is 35.3 Å². The number of aliphatic hydroxyl groups excluding tert-OH is 1. The van der Waals surface area contributed by atoms with Crippen molar-refractivity contribution >= 4 is 45.8 Å². The van der Waals surface area contributed by atoms with E-state index in [0.717, 1.165) is 10.8 Å². The van der Waals surface area contributed by atoms with Crippen LogP contribution in [0.1, 0.15) is 69.9 Å². The second-order valence-corrected chi connectivity index (χ2v) is 17.8. The van der Waals surface area contributed by atoms with E-state index in [1.807, 2.05) is 18.2 Å². The maximum Gasteiger partial charge on any atom is 0.310 e. The summed E-state index contributed by atoms with van der Waals surface area (Å²) in [7, 11) is 0. The van der Waals surface area contributed by atoms with Gasteiger partial charge in [-0.15, -0.1) is 0 Å². The lowest BCUT2D eigenvalue weighted by Crippen LogP contribution is -2.69. The van der Waals surface area contributed by atoms with Crippen LogP contribution in [0.3, 0.4) is 0 Å². The molecule has 1 heterocycles. The molecule has 0 radical (unpaired) electrons. The molecule has 2 aromatic carbocycles. The van der Waals surface area contributed by atoms with Crippen LogP contribution in [0.2, 0.25) is 0 Å². The second-order valence-electron chi connectivity index (χ2n) is 17.8. The maximum atomic E-state index is 17.5. The van der Waals surface area contributed by atoms with Crippen LogP contribution < -0.4 is 11.1 Å². The van der Waals surface area contributed by atoms with Crippen molar-refractivity contribution < 1.29 is 43.3 Å². The summed E-state index contributed by atoms with van der Waals surface area (Å²) in [6.45, 7) is 4.78. The third kappa shape index (κ3) is 6.52. The Morgan fingerprint density at radius 1 is 1.05 bits per heavy atom. The third-order valence-corrected chi connectivity index (χ3v) is 14.6. The van der Waals surface area contributed by atoms with Crippen molar-refractivity contribution in [3.8, 4) is 0 Å². The number of hydrogen-bond acceptors (Lipinski definition) is 11. The van der Waals surface area contributed by atoms with E-state index < -0.39 is 76.3 Å². The zero-order valence-corrected chi connectivity index (χ0v) is 33.5. The first-order valence-corrected chi connectivity index (χ1v) is 20.4. The highest BCUT2D eigenvalue weighted by Crippen LogP contribution is 2.70. The van der Waals surface area contributed by atoms with Crippen molar-refractivity contribution in [1.29, 1.82) is 5.41 Å². The number of nitrogens with one attached hydrogen (secondary N) is 2. The number of fused-ring (bicyclic) bond motifs is 6. The summed E-state index contributed by atoms with van der Waals surface area (Å²) in [6.07, 6.45) is 7.77. The number of rotatable bonds is 11. The number of hydrogen-bond donors (Lipinski definition) is 5. The van der Waals surface area contributed by atoms with Crippen molar-refractivity contribution in [2.24, 2.45) is 46.2 Å². The van der Waals surface area contributed by atoms with E-state index in [0.29, 0.717) is 41.6 Å². The van der Waals surface area contributed by atoms with Gasteiger partial charge in [0.15, 0.2) is 11.5 Å². The number of ether oxygens (including phenoxy) is 2. The van der Waals surface area contributed by atoms with E-state index in [4.69, 9.17) is 20.6 Å². The monoisotopic (exact) mass is 806 g/mol. The number of nitrogens with zero attached hydrogens (tertiary/aromatic N) is 1. The van der Waals surface area contributed by atoms with Crippen molar-refractivity contribution in [2.75, 3.05) is 18.5 Å². The highest BCUT2D eigenvalue weighted by atomic mass is 19.1. The van der Waals surface area contributed by atoms with Gasteiger partial charge in [-0.05, 0) is 97.7 Å². The van der Waals surface area contributed by atoms with Gasteiger partial charge in [0.2, 0.25) is 5.91 Å². The normalized spacial score (nSPS) is 34.8. The number of aliphatic hydroxyl groups is 2. The molecule has 2 unspecified atom stereocenters. The smallest absolute Gasteiger partial charge is 0.310 e. The Labute approximate surface area is 341 Å². The number of amides is 1. The number of ketones is 1. The molecule has 1 amide bonds. The lowest BCUT2D eigenvalue weighted by atomic mass is 9.44. The van der Waals surface area contributed by atoms with Crippen LogP contribution in [0.25, 0.3) is 10.8 Å². The zero-order chi connectivity index (χ0) is 42.1. The van der Waals surface area contributed by atoms with E-state index in [9.17, 15) is 29.4 Å². The van der Waals surface area contributed by atoms with Crippen LogP contribution in [0, 0.1) is 45.8 Å². The molecule has 11 atom stereocenters. The molecule has 1 aromatic heterocycles. The minimum Gasteiger partial charge on any atom is -0.461 e. The van der Waals surface area contributed by atoms with E-state index in [1.165, 1.54) is 12.2 Å². The number of aromatic nitrogens is 1. The number of allylic oxidation sites excluding steroid dienone is 4. The van der Waals surface area contributed by atoms with Gasteiger partial charge >= 0.3 is 11.9 Å². The molecule has 13 heteroatoms. The molecule has 12 nitrogen and oxygen atoms in total. The van der Waals surface area contributed by atoms with Gasteiger partial charge in [0.05, 0.1) is 29.6 Å². The molecular formula is C46H51FN4O8. The lowest BCUT2D eigenvalue weighted by molar-refractivity contribution is -0.209. The lowest BCUT2D eigenvalue weighted by Gasteiger charge is -2.62. The van der Waals surface area contributed by atoms with E-state index in [-0.39, 0.29) is 49.3 Å². The first-order valence-electron chi connectivity index (χ1n) is 20.4. The van der Waals surface area contributed by atoms with E-state index >= 15 is 4.39 Å². The number of nitrogens with two attached hydrogens (primary N) is 1. The van der Waals surface area contributed by atoms with Crippen molar-refractivity contribution in [1.82, 2.24) is 4.98 Å². The summed E-state index contributed by atoms with van der Waals surface area (Å²) in [5.74, 6) is -5.40. The molecule has 4 fully saturated rings. The van der Waals surface area contributed by atoms with Crippen molar-refractivity contribution in [2.45, 2.75) is 82.8 Å². The predicted octanol–water partition coefficient (Wildman–Crippen LogP) is 5.51. The third-order valence-electron chi connectivity index (χ3n) is 14.6. The Hall–Kier alpha value is -5.11. The number of carbonyl (C=O) groups is 4. The molecule has 8 rings (SSSR count). The average Bonchev–Trinajstić information content (AvgIpc) is 4.00. The van der Waals surface area contributed by atoms with Gasteiger partial charge in [-0.3, -0.25) is 24.2 Å². The van der Waals surface area contributed by atoms with Crippen LogP contribution in [-0.4, -0.2) is 75.1 Å². The van der Waals surface area contributed by atoms with Gasteiger partial charge in [-0.1, -0.05) is 55.8 Å². The highest BCUT2D eigenvalue weighted by Gasteiger charge is 2.75. The highest BCUT2D eigenvalue weighted by molar-refractivity contribution is 6.01. The fourth-order valence-electron chi connectivity index (χ4n) is 11.2. The number of anilines is 1. The zero-order valence-electron chi connectivity index (χ0n) is 33.5. The standard InChI is InChI=1S/C46H51FN4O8/c1-25-15-37-36-10-8-30-18-32(52)11-13-43(30,2)45(36,47)39(53)20-44(37,3)46(25,57)38(49)24-59-42(56)34-19-33(34)41(55)58-23-26-5-4-6-28(16-26)35(21-48)40(54)51-31-9-7-29-22-50-14-12-27(29)17-31/h4-7,9,11-14,16-18,22,25,33-37,39,49,53,57H,8,10,15,19-21,23-24,48H2,1-3H3,(H,51,54)/t25-,33?,34?,35-,36+,37+,39+,43+,44+,45+,46+/m1/s1. The fraction of sp³-hybridized carbons (Fsp3) is 0.478. The summed E-state index contributed by atoms with van der Waals surface area (Å²) in [5, 5.41) is 37.9. The van der Waals surface area contributed by atoms with Gasteiger partial charge in [0.25, 0.3) is 0 Å². The molecular weight excluding hydrogens is 756 g/mol. The first kappa shape index (κ1) is 40.7. The average molecular weight is 807 g/mol. The fourth-order valence-corrected chi connectivity index (χ4v) is 11.2. The number of esters is 2. The minimum atomic E-state index is -2.07. The molecule has 5 aliphatic carbocycles. The van der Waals surface area contributed by atoms with Crippen molar-refractivity contribution in [3.05, 3.63) is 95.9 Å². The Kier molecular flexibility index (Phi) is 10.2. The van der Waals surface area contributed by atoms with Gasteiger partial charge in [0.1, 0.15) is 18.8 Å². The summed E-state index contributed by atoms with van der Waals surface area (Å²) in [4.78, 5) is 55.8. The molecule has 0 spiro atoms. The van der Waals surface area contributed by atoms with Crippen LogP contribution >= 0.6 is 0 Å². The van der Waals surface area contributed by atoms with Gasteiger partial charge in [-0.25, -0.2) is 4.39 Å².